The number of halogens is 2. The first-order valence-electron chi connectivity index (χ1n) is 7.21. The van der Waals surface area contributed by atoms with E-state index in [1.54, 1.807) is 6.07 Å². The van der Waals surface area contributed by atoms with Gasteiger partial charge in [0.15, 0.2) is 0 Å². The van der Waals surface area contributed by atoms with E-state index in [1.165, 1.54) is 11.3 Å². The molecular formula is C17H11BrClN3OS. The summed E-state index contributed by atoms with van der Waals surface area (Å²) in [7, 11) is 0. The van der Waals surface area contributed by atoms with Crippen molar-refractivity contribution in [1.29, 1.82) is 0 Å². The number of nitrogens with one attached hydrogen (secondary N) is 1. The average Bonchev–Trinajstić information content (AvgIpc) is 2.92. The normalized spacial score (nSPS) is 11.5. The standard InChI is InChI=1S/C17H11BrClN3OS/c1-7-11-13-14(24-17(11)20-8(2)12(7)18)16(23)22-15(21-13)9-5-3-4-6-10(9)19/h3-6H,1-2H3,(H,21,22,23). The molecule has 0 saturated heterocycles. The van der Waals surface area contributed by atoms with Crippen molar-refractivity contribution in [3.63, 3.8) is 0 Å². The zero-order valence-electron chi connectivity index (χ0n) is 12.8. The Hall–Kier alpha value is -1.76. The zero-order valence-corrected chi connectivity index (χ0v) is 15.9. The SMILES string of the molecule is Cc1nc2sc3c(=O)[nH]c(-c4ccccc4Cl)nc3c2c(C)c1Br. The molecule has 4 nitrogen and oxygen atoms in total. The highest BCUT2D eigenvalue weighted by Crippen LogP contribution is 2.36. The maximum Gasteiger partial charge on any atom is 0.269 e. The van der Waals surface area contributed by atoms with Gasteiger partial charge in [-0.3, -0.25) is 4.79 Å². The van der Waals surface area contributed by atoms with Gasteiger partial charge in [0, 0.05) is 15.4 Å². The third-order valence-corrected chi connectivity index (χ3v) is 6.52. The monoisotopic (exact) mass is 419 g/mol. The van der Waals surface area contributed by atoms with E-state index in [1.807, 2.05) is 32.0 Å². The van der Waals surface area contributed by atoms with E-state index in [9.17, 15) is 4.79 Å². The number of thiophene rings is 1. The second kappa shape index (κ2) is 5.65. The molecule has 4 aromatic rings. The summed E-state index contributed by atoms with van der Waals surface area (Å²) in [5, 5.41) is 1.46. The van der Waals surface area contributed by atoms with Crippen LogP contribution in [0.4, 0.5) is 0 Å². The van der Waals surface area contributed by atoms with Crippen molar-refractivity contribution in [3.8, 4) is 11.4 Å². The Morgan fingerprint density at radius 3 is 2.71 bits per heavy atom. The maximum absolute atomic E-state index is 12.6. The van der Waals surface area contributed by atoms with Gasteiger partial charge in [-0.1, -0.05) is 23.7 Å². The van der Waals surface area contributed by atoms with Crippen molar-refractivity contribution in [1.82, 2.24) is 15.0 Å². The molecule has 0 amide bonds. The van der Waals surface area contributed by atoms with Crippen LogP contribution in [0.1, 0.15) is 11.3 Å². The van der Waals surface area contributed by atoms with Gasteiger partial charge in [0.25, 0.3) is 5.56 Å². The minimum Gasteiger partial charge on any atom is -0.305 e. The molecule has 0 bridgehead atoms. The fraction of sp³-hybridized carbons (Fsp3) is 0.118. The van der Waals surface area contributed by atoms with Crippen LogP contribution in [0.25, 0.3) is 31.8 Å². The van der Waals surface area contributed by atoms with Crippen molar-refractivity contribution < 1.29 is 0 Å². The van der Waals surface area contributed by atoms with Crippen LogP contribution in [0.5, 0.6) is 0 Å². The number of aryl methyl sites for hydroxylation is 2. The highest BCUT2D eigenvalue weighted by Gasteiger charge is 2.18. The molecule has 3 heterocycles. The molecule has 120 valence electrons. The lowest BCUT2D eigenvalue weighted by molar-refractivity contribution is 1.19. The Balaban J connectivity index is 2.15. The van der Waals surface area contributed by atoms with Gasteiger partial charge in [-0.2, -0.15) is 0 Å². The van der Waals surface area contributed by atoms with Crippen LogP contribution >= 0.6 is 38.9 Å². The molecule has 0 spiro atoms. The first-order chi connectivity index (χ1) is 11.5. The van der Waals surface area contributed by atoms with Crippen molar-refractivity contribution in [2.24, 2.45) is 0 Å². The van der Waals surface area contributed by atoms with E-state index in [-0.39, 0.29) is 5.56 Å². The summed E-state index contributed by atoms with van der Waals surface area (Å²) in [6.07, 6.45) is 0. The maximum atomic E-state index is 12.6. The first kappa shape index (κ1) is 15.7. The minimum atomic E-state index is -0.175. The molecule has 0 aliphatic heterocycles. The van der Waals surface area contributed by atoms with Gasteiger partial charge < -0.3 is 4.98 Å². The van der Waals surface area contributed by atoms with Crippen LogP contribution in [0.15, 0.2) is 33.5 Å². The highest BCUT2D eigenvalue weighted by molar-refractivity contribution is 9.10. The fourth-order valence-electron chi connectivity index (χ4n) is 2.76. The van der Waals surface area contributed by atoms with Gasteiger partial charge >= 0.3 is 0 Å². The molecule has 1 aromatic carbocycles. The molecular weight excluding hydrogens is 410 g/mol. The van der Waals surface area contributed by atoms with Gasteiger partial charge in [-0.15, -0.1) is 11.3 Å². The third kappa shape index (κ3) is 2.29. The van der Waals surface area contributed by atoms with Crippen molar-refractivity contribution in [3.05, 3.63) is 55.4 Å². The van der Waals surface area contributed by atoms with Crippen molar-refractivity contribution >= 4 is 59.3 Å². The zero-order chi connectivity index (χ0) is 17.0. The summed E-state index contributed by atoms with van der Waals surface area (Å²) in [5.74, 6) is 0.467. The van der Waals surface area contributed by atoms with Crippen LogP contribution in [0.3, 0.4) is 0 Å². The fourth-order valence-corrected chi connectivity index (χ4v) is 4.38. The van der Waals surface area contributed by atoms with Gasteiger partial charge in [0.1, 0.15) is 15.4 Å². The molecule has 0 saturated carbocycles. The molecule has 4 rings (SSSR count). The van der Waals surface area contributed by atoms with E-state index in [0.29, 0.717) is 26.6 Å². The van der Waals surface area contributed by atoms with Crippen LogP contribution in [0.2, 0.25) is 5.02 Å². The van der Waals surface area contributed by atoms with Crippen LogP contribution in [0, 0.1) is 13.8 Å². The number of hydrogen-bond acceptors (Lipinski definition) is 4. The molecule has 1 N–H and O–H groups in total. The van der Waals surface area contributed by atoms with Crippen molar-refractivity contribution in [2.75, 3.05) is 0 Å². The van der Waals surface area contributed by atoms with E-state index in [2.05, 4.69) is 25.9 Å². The predicted molar refractivity (Wildman–Crippen MR) is 103 cm³/mol. The summed E-state index contributed by atoms with van der Waals surface area (Å²) in [5.41, 5.74) is 3.13. The molecule has 24 heavy (non-hydrogen) atoms. The third-order valence-electron chi connectivity index (χ3n) is 3.95. The number of nitrogens with zero attached hydrogens (tertiary/aromatic N) is 2. The number of fused-ring (bicyclic) bond motifs is 3. The molecule has 0 atom stereocenters. The minimum absolute atomic E-state index is 0.175. The number of H-pyrrole nitrogens is 1. The second-order valence-electron chi connectivity index (χ2n) is 5.49. The van der Waals surface area contributed by atoms with Gasteiger partial charge in [0.2, 0.25) is 0 Å². The number of pyridine rings is 1. The number of rotatable bonds is 1. The van der Waals surface area contributed by atoms with E-state index >= 15 is 0 Å². The number of aromatic amines is 1. The topological polar surface area (TPSA) is 58.6 Å². The van der Waals surface area contributed by atoms with Crippen molar-refractivity contribution in [2.45, 2.75) is 13.8 Å². The summed E-state index contributed by atoms with van der Waals surface area (Å²) < 4.78 is 1.52. The summed E-state index contributed by atoms with van der Waals surface area (Å²) in [4.78, 5) is 25.5. The highest BCUT2D eigenvalue weighted by atomic mass is 79.9. The van der Waals surface area contributed by atoms with Crippen LogP contribution in [-0.2, 0) is 0 Å². The number of benzene rings is 1. The van der Waals surface area contributed by atoms with Gasteiger partial charge in [-0.25, -0.2) is 9.97 Å². The molecule has 0 aliphatic carbocycles. The molecule has 0 aliphatic rings. The Labute approximate surface area is 154 Å². The smallest absolute Gasteiger partial charge is 0.269 e. The Morgan fingerprint density at radius 2 is 1.96 bits per heavy atom. The Morgan fingerprint density at radius 1 is 1.21 bits per heavy atom. The lowest BCUT2D eigenvalue weighted by atomic mass is 10.1. The Kier molecular flexibility index (Phi) is 3.71. The van der Waals surface area contributed by atoms with E-state index in [0.717, 1.165) is 25.9 Å². The van der Waals surface area contributed by atoms with E-state index < -0.39 is 0 Å². The van der Waals surface area contributed by atoms with E-state index in [4.69, 9.17) is 16.6 Å². The summed E-state index contributed by atoms with van der Waals surface area (Å²) in [6, 6.07) is 7.33. The first-order valence-corrected chi connectivity index (χ1v) is 9.20. The number of aromatic nitrogens is 3. The molecule has 7 heteroatoms. The Bertz CT molecular complexity index is 1180. The predicted octanol–water partition coefficient (Wildman–Crippen LogP) is 5.23. The molecule has 0 fully saturated rings. The lowest BCUT2D eigenvalue weighted by Gasteiger charge is -2.05. The van der Waals surface area contributed by atoms with Crippen LogP contribution in [-0.4, -0.2) is 15.0 Å². The summed E-state index contributed by atoms with van der Waals surface area (Å²) in [6.45, 7) is 3.94. The lowest BCUT2D eigenvalue weighted by Crippen LogP contribution is -2.07. The number of hydrogen-bond donors (Lipinski definition) is 1. The van der Waals surface area contributed by atoms with Gasteiger partial charge in [0.05, 0.1) is 16.2 Å². The second-order valence-corrected chi connectivity index (χ2v) is 7.69. The van der Waals surface area contributed by atoms with Crippen LogP contribution < -0.4 is 5.56 Å². The molecule has 0 radical (unpaired) electrons. The molecule has 0 unspecified atom stereocenters. The summed E-state index contributed by atoms with van der Waals surface area (Å²) >= 11 is 11.2. The average molecular weight is 421 g/mol. The largest absolute Gasteiger partial charge is 0.305 e. The van der Waals surface area contributed by atoms with Gasteiger partial charge in [-0.05, 0) is 47.5 Å². The molecule has 3 aromatic heterocycles. The quantitative estimate of drug-likeness (QED) is 0.458.